The zero-order chi connectivity index (χ0) is 16.2. The number of thioether (sulfide) groups is 2. The molecule has 1 aromatic heterocycles. The molecule has 0 aliphatic carbocycles. The lowest BCUT2D eigenvalue weighted by atomic mass is 10.2. The number of amidine groups is 1. The van der Waals surface area contributed by atoms with E-state index in [-0.39, 0.29) is 17.5 Å². The average molecular weight is 351 g/mol. The molecule has 23 heavy (non-hydrogen) atoms. The second-order valence-corrected chi connectivity index (χ2v) is 6.74. The van der Waals surface area contributed by atoms with E-state index in [2.05, 4.69) is 20.5 Å². The van der Waals surface area contributed by atoms with Crippen molar-refractivity contribution in [1.29, 1.82) is 0 Å². The van der Waals surface area contributed by atoms with Gasteiger partial charge in [-0.1, -0.05) is 35.7 Å². The summed E-state index contributed by atoms with van der Waals surface area (Å²) in [5.74, 6) is 1.04. The Hall–Kier alpha value is -1.87. The fraction of sp³-hybridized carbons (Fsp3) is 0.286. The highest BCUT2D eigenvalue weighted by Crippen LogP contribution is 2.24. The quantitative estimate of drug-likeness (QED) is 0.852. The second kappa shape index (κ2) is 7.14. The van der Waals surface area contributed by atoms with Crippen LogP contribution in [0.1, 0.15) is 0 Å². The van der Waals surface area contributed by atoms with Gasteiger partial charge >= 0.3 is 0 Å². The Bertz CT molecular complexity index is 761. The lowest BCUT2D eigenvalue weighted by molar-refractivity contribution is -0.117. The van der Waals surface area contributed by atoms with E-state index >= 15 is 0 Å². The van der Waals surface area contributed by atoms with Gasteiger partial charge < -0.3 is 9.88 Å². The molecule has 0 atom stereocenters. The molecule has 2 heterocycles. The molecule has 0 saturated heterocycles. The van der Waals surface area contributed by atoms with Crippen LogP contribution in [-0.4, -0.2) is 43.9 Å². The fourth-order valence-electron chi connectivity index (χ4n) is 2.01. The summed E-state index contributed by atoms with van der Waals surface area (Å²) in [6.45, 7) is 0.739. The Morgan fingerprint density at radius 3 is 3.00 bits per heavy atom. The minimum Gasteiger partial charge on any atom is -0.305 e. The van der Waals surface area contributed by atoms with Crippen molar-refractivity contribution < 1.29 is 9.18 Å². The summed E-state index contributed by atoms with van der Waals surface area (Å²) in [4.78, 5) is 16.0. The maximum atomic E-state index is 13.8. The number of rotatable bonds is 4. The molecule has 0 fully saturated rings. The molecule has 0 saturated carbocycles. The Morgan fingerprint density at radius 1 is 1.43 bits per heavy atom. The minimum absolute atomic E-state index is 0.140. The number of carbonyl (C=O) groups is 1. The molecular weight excluding hydrogens is 337 g/mol. The summed E-state index contributed by atoms with van der Waals surface area (Å²) in [5.41, 5.74) is 0.385. The third-order valence-electron chi connectivity index (χ3n) is 3.11. The van der Waals surface area contributed by atoms with E-state index in [1.807, 2.05) is 0 Å². The molecule has 2 aromatic rings. The van der Waals surface area contributed by atoms with Crippen molar-refractivity contribution in [2.75, 3.05) is 18.1 Å². The van der Waals surface area contributed by atoms with Crippen molar-refractivity contribution in [3.63, 3.8) is 0 Å². The van der Waals surface area contributed by atoms with E-state index < -0.39 is 0 Å². The summed E-state index contributed by atoms with van der Waals surface area (Å²) in [6.07, 6.45) is 0. The van der Waals surface area contributed by atoms with Gasteiger partial charge in [-0.05, 0) is 12.1 Å². The van der Waals surface area contributed by atoms with Crippen LogP contribution in [0.3, 0.4) is 0 Å². The predicted molar refractivity (Wildman–Crippen MR) is 90.0 cm³/mol. The minimum atomic E-state index is -0.353. The molecule has 0 radical (unpaired) electrons. The molecule has 1 amide bonds. The van der Waals surface area contributed by atoms with Crippen LogP contribution in [0.15, 0.2) is 34.4 Å². The molecule has 6 nitrogen and oxygen atoms in total. The van der Waals surface area contributed by atoms with E-state index in [9.17, 15) is 9.18 Å². The number of carbonyl (C=O) groups excluding carboxylic acids is 1. The monoisotopic (exact) mass is 351 g/mol. The Balaban J connectivity index is 1.65. The number of hydrogen-bond donors (Lipinski definition) is 1. The van der Waals surface area contributed by atoms with E-state index in [1.165, 1.54) is 29.6 Å². The molecule has 1 N–H and O–H groups in total. The molecule has 1 aliphatic rings. The topological polar surface area (TPSA) is 72.2 Å². The van der Waals surface area contributed by atoms with Gasteiger partial charge in [-0.25, -0.2) is 4.39 Å². The van der Waals surface area contributed by atoms with Crippen molar-refractivity contribution in [3.8, 4) is 11.4 Å². The first kappa shape index (κ1) is 16.0. The Kier molecular flexibility index (Phi) is 4.97. The van der Waals surface area contributed by atoms with Gasteiger partial charge in [0.2, 0.25) is 5.91 Å². The first-order valence-corrected chi connectivity index (χ1v) is 8.86. The first-order chi connectivity index (χ1) is 11.1. The summed E-state index contributed by atoms with van der Waals surface area (Å²) >= 11 is 2.78. The Labute approximate surface area is 141 Å². The van der Waals surface area contributed by atoms with Crippen molar-refractivity contribution in [3.05, 3.63) is 30.1 Å². The highest BCUT2D eigenvalue weighted by Gasteiger charge is 2.16. The zero-order valence-electron chi connectivity index (χ0n) is 12.3. The van der Waals surface area contributed by atoms with Crippen LogP contribution in [0, 0.1) is 5.82 Å². The normalized spacial score (nSPS) is 13.9. The van der Waals surface area contributed by atoms with Crippen molar-refractivity contribution in [2.45, 2.75) is 5.16 Å². The Morgan fingerprint density at radius 2 is 2.26 bits per heavy atom. The lowest BCUT2D eigenvalue weighted by Crippen LogP contribution is -2.29. The maximum Gasteiger partial charge on any atom is 0.236 e. The summed E-state index contributed by atoms with van der Waals surface area (Å²) in [5, 5.41) is 12.0. The summed E-state index contributed by atoms with van der Waals surface area (Å²) < 4.78 is 15.5. The highest BCUT2D eigenvalue weighted by molar-refractivity contribution is 8.14. The third-order valence-corrected chi connectivity index (χ3v) is 5.03. The van der Waals surface area contributed by atoms with Gasteiger partial charge in [-0.2, -0.15) is 0 Å². The molecule has 120 valence electrons. The standard InChI is InChI=1S/C14H14FN5OS2/c1-20-12(9-4-2-3-5-10(9)15)18-19-14(20)23-8-11(21)17-13-16-6-7-22-13/h2-5H,6-8H2,1H3,(H,16,17,21). The summed E-state index contributed by atoms with van der Waals surface area (Å²) in [7, 11) is 1.75. The molecule has 0 bridgehead atoms. The predicted octanol–water partition coefficient (Wildman–Crippen LogP) is 1.93. The van der Waals surface area contributed by atoms with Crippen LogP contribution < -0.4 is 5.32 Å². The number of hydrogen-bond acceptors (Lipinski definition) is 6. The van der Waals surface area contributed by atoms with Crippen molar-refractivity contribution in [1.82, 2.24) is 20.1 Å². The van der Waals surface area contributed by atoms with E-state index in [0.717, 1.165) is 12.3 Å². The fourth-order valence-corrected chi connectivity index (χ4v) is 3.47. The zero-order valence-corrected chi connectivity index (χ0v) is 14.0. The number of benzene rings is 1. The SMILES string of the molecule is Cn1c(SCC(=O)NC2=NCCS2)nnc1-c1ccccc1F. The van der Waals surface area contributed by atoms with Crippen LogP contribution in [-0.2, 0) is 11.8 Å². The van der Waals surface area contributed by atoms with Gasteiger partial charge in [0.25, 0.3) is 0 Å². The second-order valence-electron chi connectivity index (χ2n) is 4.72. The van der Waals surface area contributed by atoms with Crippen molar-refractivity contribution in [2.24, 2.45) is 12.0 Å². The number of amides is 1. The van der Waals surface area contributed by atoms with Crippen LogP contribution in [0.2, 0.25) is 0 Å². The van der Waals surface area contributed by atoms with Crippen LogP contribution in [0.25, 0.3) is 11.4 Å². The van der Waals surface area contributed by atoms with Crippen LogP contribution >= 0.6 is 23.5 Å². The molecular formula is C14H14FN5OS2. The number of halogens is 1. The van der Waals surface area contributed by atoms with Crippen LogP contribution in [0.5, 0.6) is 0 Å². The third kappa shape index (κ3) is 3.73. The van der Waals surface area contributed by atoms with E-state index in [1.54, 1.807) is 29.8 Å². The van der Waals surface area contributed by atoms with Gasteiger partial charge in [0.05, 0.1) is 17.9 Å². The number of aromatic nitrogens is 3. The van der Waals surface area contributed by atoms with Crippen molar-refractivity contribution >= 4 is 34.6 Å². The summed E-state index contributed by atoms with van der Waals surface area (Å²) in [6, 6.07) is 6.40. The smallest absolute Gasteiger partial charge is 0.236 e. The van der Waals surface area contributed by atoms with Crippen LogP contribution in [0.4, 0.5) is 4.39 Å². The molecule has 9 heteroatoms. The maximum absolute atomic E-state index is 13.8. The molecule has 1 aliphatic heterocycles. The molecule has 3 rings (SSSR count). The number of nitrogens with one attached hydrogen (secondary N) is 1. The van der Waals surface area contributed by atoms with E-state index in [4.69, 9.17) is 0 Å². The first-order valence-electron chi connectivity index (χ1n) is 6.89. The number of aliphatic imine (C=N–C) groups is 1. The molecule has 0 spiro atoms. The van der Waals surface area contributed by atoms with Gasteiger partial charge in [0.15, 0.2) is 16.1 Å². The molecule has 0 unspecified atom stereocenters. The number of nitrogens with zero attached hydrogens (tertiary/aromatic N) is 4. The van der Waals surface area contributed by atoms with Gasteiger partial charge in [-0.15, -0.1) is 10.2 Å². The van der Waals surface area contributed by atoms with Gasteiger partial charge in [0, 0.05) is 12.8 Å². The van der Waals surface area contributed by atoms with Gasteiger partial charge in [0.1, 0.15) is 5.82 Å². The van der Waals surface area contributed by atoms with Gasteiger partial charge in [-0.3, -0.25) is 9.79 Å². The largest absolute Gasteiger partial charge is 0.305 e. The average Bonchev–Trinajstić information content (AvgIpc) is 3.16. The highest BCUT2D eigenvalue weighted by atomic mass is 32.2. The lowest BCUT2D eigenvalue weighted by Gasteiger charge is -2.05. The van der Waals surface area contributed by atoms with E-state index in [0.29, 0.717) is 21.7 Å². The molecule has 1 aromatic carbocycles.